The first-order valence-electron chi connectivity index (χ1n) is 6.67. The van der Waals surface area contributed by atoms with Gasteiger partial charge in [0.25, 0.3) is 10.1 Å². The lowest BCUT2D eigenvalue weighted by atomic mass is 9.97. The number of rotatable bonds is 3. The Kier molecular flexibility index (Phi) is 4.06. The summed E-state index contributed by atoms with van der Waals surface area (Å²) in [5.74, 6) is -0.212. The van der Waals surface area contributed by atoms with Crippen molar-refractivity contribution in [2.75, 3.05) is 0 Å². The first kappa shape index (κ1) is 15.9. The van der Waals surface area contributed by atoms with Crippen LogP contribution in [0.3, 0.4) is 0 Å². The molecule has 4 nitrogen and oxygen atoms in total. The minimum Gasteiger partial charge on any atom is -0.289 e. The Morgan fingerprint density at radius 3 is 2.09 bits per heavy atom. The quantitative estimate of drug-likeness (QED) is 0.540. The number of hydrogen-bond donors (Lipinski definition) is 1. The van der Waals surface area contributed by atoms with Crippen molar-refractivity contribution in [1.29, 1.82) is 0 Å². The van der Waals surface area contributed by atoms with Crippen molar-refractivity contribution < 1.29 is 17.8 Å². The van der Waals surface area contributed by atoms with E-state index < -0.39 is 10.1 Å². The lowest BCUT2D eigenvalue weighted by Crippen LogP contribution is -2.05. The molecule has 0 aliphatic rings. The van der Waals surface area contributed by atoms with Gasteiger partial charge in [-0.2, -0.15) is 8.42 Å². The second-order valence-electron chi connectivity index (χ2n) is 4.97. The molecule has 6 heteroatoms. The molecule has 0 aliphatic carbocycles. The largest absolute Gasteiger partial charge is 0.295 e. The van der Waals surface area contributed by atoms with Crippen LogP contribution in [0, 0.1) is 0 Å². The zero-order valence-electron chi connectivity index (χ0n) is 11.7. The van der Waals surface area contributed by atoms with Crippen LogP contribution >= 0.6 is 15.9 Å². The Bertz CT molecular complexity index is 1010. The van der Waals surface area contributed by atoms with Crippen molar-refractivity contribution in [2.45, 2.75) is 4.90 Å². The van der Waals surface area contributed by atoms with Crippen LogP contribution < -0.4 is 0 Å². The van der Waals surface area contributed by atoms with E-state index in [-0.39, 0.29) is 10.7 Å². The van der Waals surface area contributed by atoms with E-state index in [0.717, 1.165) is 4.47 Å². The summed E-state index contributed by atoms with van der Waals surface area (Å²) >= 11 is 3.32. The molecule has 3 aromatic rings. The molecule has 0 bridgehead atoms. The fourth-order valence-corrected chi connectivity index (χ4v) is 3.41. The molecule has 0 atom stereocenters. The van der Waals surface area contributed by atoms with Crippen molar-refractivity contribution in [1.82, 2.24) is 0 Å². The van der Waals surface area contributed by atoms with Gasteiger partial charge in [-0.25, -0.2) is 0 Å². The van der Waals surface area contributed by atoms with Gasteiger partial charge in [0, 0.05) is 21.0 Å². The van der Waals surface area contributed by atoms with E-state index >= 15 is 0 Å². The summed E-state index contributed by atoms with van der Waals surface area (Å²) in [6, 6.07) is 16.2. The van der Waals surface area contributed by atoms with Crippen molar-refractivity contribution >= 4 is 42.6 Å². The third-order valence-corrected chi connectivity index (χ3v) is 4.95. The van der Waals surface area contributed by atoms with E-state index in [9.17, 15) is 17.8 Å². The summed E-state index contributed by atoms with van der Waals surface area (Å²) in [6.07, 6.45) is 0. The lowest BCUT2D eigenvalue weighted by Gasteiger charge is -2.09. The van der Waals surface area contributed by atoms with E-state index in [1.807, 2.05) is 0 Å². The molecule has 0 amide bonds. The summed E-state index contributed by atoms with van der Waals surface area (Å²) < 4.78 is 33.2. The van der Waals surface area contributed by atoms with Gasteiger partial charge in [-0.1, -0.05) is 40.2 Å². The highest BCUT2D eigenvalue weighted by Crippen LogP contribution is 2.28. The topological polar surface area (TPSA) is 71.4 Å². The van der Waals surface area contributed by atoms with Crippen molar-refractivity contribution in [2.24, 2.45) is 0 Å². The highest BCUT2D eigenvalue weighted by molar-refractivity contribution is 9.10. The molecule has 1 N–H and O–H groups in total. The second-order valence-corrected chi connectivity index (χ2v) is 7.27. The van der Waals surface area contributed by atoms with Gasteiger partial charge in [0.2, 0.25) is 0 Å². The fraction of sp³-hybridized carbons (Fsp3) is 0. The molecule has 23 heavy (non-hydrogen) atoms. The van der Waals surface area contributed by atoms with E-state index in [1.165, 1.54) is 12.1 Å². The van der Waals surface area contributed by atoms with Crippen LogP contribution in [0.25, 0.3) is 10.8 Å². The summed E-state index contributed by atoms with van der Waals surface area (Å²) in [5.41, 5.74) is 0.883. The van der Waals surface area contributed by atoms with Crippen LogP contribution in [0.4, 0.5) is 0 Å². The molecule has 3 aromatic carbocycles. The Labute approximate surface area is 141 Å². The minimum atomic E-state index is -4.36. The van der Waals surface area contributed by atoms with Crippen LogP contribution in [0.2, 0.25) is 0 Å². The van der Waals surface area contributed by atoms with Crippen molar-refractivity contribution in [3.05, 3.63) is 76.3 Å². The molecule has 116 valence electrons. The number of carbonyl (C=O) groups excluding carboxylic acids is 1. The van der Waals surface area contributed by atoms with E-state index in [4.69, 9.17) is 0 Å². The predicted octanol–water partition coefficient (Wildman–Crippen LogP) is 4.08. The fourth-order valence-electron chi connectivity index (χ4n) is 2.45. The Balaban J connectivity index is 2.24. The summed E-state index contributed by atoms with van der Waals surface area (Å²) in [4.78, 5) is 12.5. The van der Waals surface area contributed by atoms with Gasteiger partial charge in [0.1, 0.15) is 4.90 Å². The van der Waals surface area contributed by atoms with Crippen LogP contribution in [0.1, 0.15) is 15.9 Å². The maximum absolute atomic E-state index is 12.7. The molecule has 0 unspecified atom stereocenters. The lowest BCUT2D eigenvalue weighted by molar-refractivity contribution is 0.104. The summed E-state index contributed by atoms with van der Waals surface area (Å²) in [6.45, 7) is 0. The number of benzene rings is 3. The smallest absolute Gasteiger partial charge is 0.289 e. The van der Waals surface area contributed by atoms with Crippen molar-refractivity contribution in [3.8, 4) is 0 Å². The van der Waals surface area contributed by atoms with Gasteiger partial charge >= 0.3 is 0 Å². The second kappa shape index (κ2) is 5.88. The van der Waals surface area contributed by atoms with Crippen LogP contribution in [-0.4, -0.2) is 18.8 Å². The molecule has 0 radical (unpaired) electrons. The summed E-state index contributed by atoms with van der Waals surface area (Å²) in [7, 11) is -4.36. The molecule has 0 aromatic heterocycles. The number of carbonyl (C=O) groups is 1. The third kappa shape index (κ3) is 3.06. The van der Waals surface area contributed by atoms with Gasteiger partial charge in [0.05, 0.1) is 0 Å². The average Bonchev–Trinajstić information content (AvgIpc) is 2.53. The van der Waals surface area contributed by atoms with Gasteiger partial charge < -0.3 is 0 Å². The minimum absolute atomic E-state index is 0.208. The molecule has 0 spiro atoms. The molecule has 3 rings (SSSR count). The first-order valence-corrected chi connectivity index (χ1v) is 8.91. The number of halogens is 1. The van der Waals surface area contributed by atoms with Crippen LogP contribution in [0.5, 0.6) is 0 Å². The van der Waals surface area contributed by atoms with Gasteiger partial charge in [-0.15, -0.1) is 0 Å². The highest BCUT2D eigenvalue weighted by Gasteiger charge is 2.19. The van der Waals surface area contributed by atoms with Crippen molar-refractivity contribution in [3.63, 3.8) is 0 Å². The Morgan fingerprint density at radius 1 is 0.870 bits per heavy atom. The molecule has 0 saturated carbocycles. The average molecular weight is 391 g/mol. The molecule has 0 saturated heterocycles. The number of hydrogen-bond acceptors (Lipinski definition) is 3. The Hall–Kier alpha value is -2.02. The van der Waals surface area contributed by atoms with Gasteiger partial charge in [0.15, 0.2) is 5.78 Å². The maximum atomic E-state index is 12.7. The van der Waals surface area contributed by atoms with E-state index in [1.54, 1.807) is 48.5 Å². The molecule has 0 fully saturated rings. The van der Waals surface area contributed by atoms with Crippen LogP contribution in [0.15, 0.2) is 70.0 Å². The zero-order chi connectivity index (χ0) is 16.6. The number of fused-ring (bicyclic) bond motifs is 1. The zero-order valence-corrected chi connectivity index (χ0v) is 14.1. The first-order chi connectivity index (χ1) is 10.9. The van der Waals surface area contributed by atoms with Crippen LogP contribution in [-0.2, 0) is 10.1 Å². The third-order valence-electron chi connectivity index (χ3n) is 3.51. The molecular formula is C17H11BrO4S. The van der Waals surface area contributed by atoms with E-state index in [0.29, 0.717) is 21.9 Å². The molecule has 0 heterocycles. The maximum Gasteiger partial charge on any atom is 0.295 e. The molecular weight excluding hydrogens is 380 g/mol. The standard InChI is InChI=1S/C17H11BrO4S/c18-12-7-5-11(6-8-12)17(19)15-9-10-16(23(20,21)22)14-4-2-1-3-13(14)15/h1-10H,(H,20,21,22). The predicted molar refractivity (Wildman–Crippen MR) is 91.3 cm³/mol. The number of ketones is 1. The summed E-state index contributed by atoms with van der Waals surface area (Å²) in [5, 5.41) is 0.800. The SMILES string of the molecule is O=C(c1ccc(Br)cc1)c1ccc(S(=O)(=O)O)c2ccccc12. The normalized spacial score (nSPS) is 11.6. The van der Waals surface area contributed by atoms with Gasteiger partial charge in [-0.3, -0.25) is 9.35 Å². The molecule has 0 aliphatic heterocycles. The highest BCUT2D eigenvalue weighted by atomic mass is 79.9. The van der Waals surface area contributed by atoms with E-state index in [2.05, 4.69) is 15.9 Å². The van der Waals surface area contributed by atoms with Gasteiger partial charge in [-0.05, 0) is 41.8 Å². The Morgan fingerprint density at radius 2 is 1.48 bits per heavy atom. The monoisotopic (exact) mass is 390 g/mol.